The van der Waals surface area contributed by atoms with Gasteiger partial charge in [0.25, 0.3) is 11.6 Å². The fourth-order valence-corrected chi connectivity index (χ4v) is 4.32. The van der Waals surface area contributed by atoms with Crippen molar-refractivity contribution in [3.8, 4) is 11.5 Å². The van der Waals surface area contributed by atoms with Gasteiger partial charge in [0.05, 0.1) is 18.1 Å². The molecule has 1 aliphatic heterocycles. The fraction of sp³-hybridized carbons (Fsp3) is 0.192. The number of benzene rings is 3. The minimum Gasteiger partial charge on any atom is -0.436 e. The Morgan fingerprint density at radius 3 is 2.70 bits per heavy atom. The second-order valence-electron chi connectivity index (χ2n) is 8.54. The summed E-state index contributed by atoms with van der Waals surface area (Å²) < 4.78 is 11.2. The average Bonchev–Trinajstić information content (AvgIpc) is 3.32. The monoisotopic (exact) mass is 517 g/mol. The van der Waals surface area contributed by atoms with Crippen LogP contribution in [0.2, 0.25) is 0 Å². The van der Waals surface area contributed by atoms with E-state index in [2.05, 4.69) is 15.6 Å². The SMILES string of the molecule is Cc1ccc2nc(-c3cccc(NC(=S)NC(=O)c4ccc(N5CCOCC5)c([N+](=O)[O-])c4)c3)oc2c1. The third kappa shape index (κ3) is 5.42. The summed E-state index contributed by atoms with van der Waals surface area (Å²) in [5.74, 6) is -0.0912. The fourth-order valence-electron chi connectivity index (χ4n) is 4.11. The Bertz CT molecular complexity index is 1510. The Balaban J connectivity index is 1.28. The van der Waals surface area contributed by atoms with Crippen molar-refractivity contribution in [3.05, 3.63) is 81.9 Å². The van der Waals surface area contributed by atoms with Crippen molar-refractivity contribution in [1.82, 2.24) is 10.3 Å². The maximum atomic E-state index is 12.8. The van der Waals surface area contributed by atoms with E-state index in [1.165, 1.54) is 6.07 Å². The number of nitrogens with one attached hydrogen (secondary N) is 2. The second-order valence-corrected chi connectivity index (χ2v) is 8.95. The highest BCUT2D eigenvalue weighted by atomic mass is 32.1. The first-order chi connectivity index (χ1) is 17.9. The molecule has 2 heterocycles. The molecule has 0 bridgehead atoms. The van der Waals surface area contributed by atoms with Gasteiger partial charge >= 0.3 is 0 Å². The maximum absolute atomic E-state index is 12.8. The van der Waals surface area contributed by atoms with E-state index in [-0.39, 0.29) is 16.4 Å². The summed E-state index contributed by atoms with van der Waals surface area (Å²) in [6, 6.07) is 17.5. The van der Waals surface area contributed by atoms with E-state index in [0.717, 1.165) is 16.6 Å². The quantitative estimate of drug-likeness (QED) is 0.221. The third-order valence-electron chi connectivity index (χ3n) is 5.92. The van der Waals surface area contributed by atoms with Gasteiger partial charge in [-0.1, -0.05) is 12.1 Å². The van der Waals surface area contributed by atoms with E-state index in [1.54, 1.807) is 24.3 Å². The van der Waals surface area contributed by atoms with Crippen LogP contribution in [-0.2, 0) is 4.74 Å². The molecule has 1 amide bonds. The van der Waals surface area contributed by atoms with Crippen molar-refractivity contribution in [2.45, 2.75) is 6.92 Å². The number of carbonyl (C=O) groups excluding carboxylic acids is 1. The van der Waals surface area contributed by atoms with Crippen LogP contribution in [0.15, 0.2) is 65.1 Å². The highest BCUT2D eigenvalue weighted by Gasteiger charge is 2.23. The van der Waals surface area contributed by atoms with Crippen molar-refractivity contribution in [1.29, 1.82) is 0 Å². The number of hydrogen-bond acceptors (Lipinski definition) is 8. The van der Waals surface area contributed by atoms with Crippen LogP contribution in [0.25, 0.3) is 22.6 Å². The van der Waals surface area contributed by atoms with Crippen molar-refractivity contribution < 1.29 is 18.9 Å². The van der Waals surface area contributed by atoms with Crippen LogP contribution >= 0.6 is 12.2 Å². The Morgan fingerprint density at radius 2 is 1.92 bits per heavy atom. The van der Waals surface area contributed by atoms with Crippen molar-refractivity contribution in [3.63, 3.8) is 0 Å². The van der Waals surface area contributed by atoms with Gasteiger partial charge in [0.15, 0.2) is 10.7 Å². The molecule has 1 fully saturated rings. The Labute approximate surface area is 217 Å². The van der Waals surface area contributed by atoms with Gasteiger partial charge < -0.3 is 19.4 Å². The first-order valence-corrected chi connectivity index (χ1v) is 12.0. The molecule has 1 saturated heterocycles. The zero-order chi connectivity index (χ0) is 25.9. The van der Waals surface area contributed by atoms with Crippen LogP contribution in [0.5, 0.6) is 0 Å². The number of rotatable bonds is 5. The number of thiocarbonyl (C=S) groups is 1. The standard InChI is InChI=1S/C26H23N5O5S/c1-16-5-7-20-23(13-16)36-25(28-20)18-3-2-4-19(14-18)27-26(37)29-24(32)17-6-8-21(22(15-17)31(33)34)30-9-11-35-12-10-30/h2-8,13-15H,9-12H2,1H3,(H2,27,29,32,37). The largest absolute Gasteiger partial charge is 0.436 e. The van der Waals surface area contributed by atoms with Crippen molar-refractivity contribution in [2.24, 2.45) is 0 Å². The van der Waals surface area contributed by atoms with E-state index in [9.17, 15) is 14.9 Å². The number of amides is 1. The summed E-state index contributed by atoms with van der Waals surface area (Å²) in [7, 11) is 0. The average molecular weight is 518 g/mol. The number of fused-ring (bicyclic) bond motifs is 1. The van der Waals surface area contributed by atoms with Gasteiger partial charge in [-0.05, 0) is 67.2 Å². The Kier molecular flexibility index (Phi) is 6.80. The molecule has 10 nitrogen and oxygen atoms in total. The summed E-state index contributed by atoms with van der Waals surface area (Å²) in [6.07, 6.45) is 0. The predicted octanol–water partition coefficient (Wildman–Crippen LogP) is 4.67. The minimum absolute atomic E-state index is 0.0512. The van der Waals surface area contributed by atoms with Crippen LogP contribution in [0.1, 0.15) is 15.9 Å². The van der Waals surface area contributed by atoms with Crippen LogP contribution < -0.4 is 15.5 Å². The lowest BCUT2D eigenvalue weighted by atomic mass is 10.1. The number of nitro benzene ring substituents is 1. The molecule has 1 aliphatic rings. The molecule has 1 aromatic heterocycles. The van der Waals surface area contributed by atoms with Crippen molar-refractivity contribution >= 4 is 51.4 Å². The lowest BCUT2D eigenvalue weighted by Crippen LogP contribution is -2.37. The molecule has 188 valence electrons. The molecule has 2 N–H and O–H groups in total. The zero-order valence-corrected chi connectivity index (χ0v) is 20.7. The van der Waals surface area contributed by atoms with Crippen LogP contribution in [0, 0.1) is 17.0 Å². The highest BCUT2D eigenvalue weighted by molar-refractivity contribution is 7.80. The van der Waals surface area contributed by atoms with E-state index in [0.29, 0.717) is 49.2 Å². The summed E-state index contributed by atoms with van der Waals surface area (Å²) in [5.41, 5.74) is 4.33. The van der Waals surface area contributed by atoms with E-state index in [1.807, 2.05) is 42.2 Å². The normalized spacial score (nSPS) is 13.4. The van der Waals surface area contributed by atoms with Gasteiger partial charge in [-0.3, -0.25) is 20.2 Å². The molecule has 0 aliphatic carbocycles. The number of hydrogen-bond donors (Lipinski definition) is 2. The van der Waals surface area contributed by atoms with Gasteiger partial charge in [-0.25, -0.2) is 4.98 Å². The lowest BCUT2D eigenvalue weighted by Gasteiger charge is -2.28. The number of nitrogens with zero attached hydrogens (tertiary/aromatic N) is 3. The number of carbonyl (C=O) groups is 1. The molecular weight excluding hydrogens is 494 g/mol. The maximum Gasteiger partial charge on any atom is 0.293 e. The van der Waals surface area contributed by atoms with Gasteiger partial charge in [-0.2, -0.15) is 0 Å². The number of aryl methyl sites for hydroxylation is 1. The first-order valence-electron chi connectivity index (χ1n) is 11.6. The highest BCUT2D eigenvalue weighted by Crippen LogP contribution is 2.30. The zero-order valence-electron chi connectivity index (χ0n) is 19.9. The number of morpholine rings is 1. The van der Waals surface area contributed by atoms with Crippen LogP contribution in [0.4, 0.5) is 17.1 Å². The van der Waals surface area contributed by atoms with Gasteiger partial charge in [0, 0.05) is 36.0 Å². The topological polar surface area (TPSA) is 123 Å². The molecule has 11 heteroatoms. The van der Waals surface area contributed by atoms with Gasteiger partial charge in [0.1, 0.15) is 11.2 Å². The Hall–Kier alpha value is -4.35. The molecule has 0 unspecified atom stereocenters. The number of oxazole rings is 1. The molecule has 0 atom stereocenters. The summed E-state index contributed by atoms with van der Waals surface area (Å²) >= 11 is 5.31. The molecule has 5 rings (SSSR count). The summed E-state index contributed by atoms with van der Waals surface area (Å²) in [5, 5.41) is 17.3. The van der Waals surface area contributed by atoms with E-state index >= 15 is 0 Å². The van der Waals surface area contributed by atoms with E-state index < -0.39 is 10.8 Å². The number of ether oxygens (including phenoxy) is 1. The van der Waals surface area contributed by atoms with Gasteiger partial charge in [-0.15, -0.1) is 0 Å². The smallest absolute Gasteiger partial charge is 0.293 e. The molecule has 4 aromatic rings. The second kappa shape index (κ2) is 10.3. The van der Waals surface area contributed by atoms with E-state index in [4.69, 9.17) is 21.4 Å². The van der Waals surface area contributed by atoms with Crippen LogP contribution in [0.3, 0.4) is 0 Å². The summed E-state index contributed by atoms with van der Waals surface area (Å²) in [4.78, 5) is 30.4. The lowest BCUT2D eigenvalue weighted by molar-refractivity contribution is -0.384. The molecular formula is C26H23N5O5S. The minimum atomic E-state index is -0.556. The molecule has 0 radical (unpaired) electrons. The van der Waals surface area contributed by atoms with Crippen LogP contribution in [-0.4, -0.2) is 47.2 Å². The third-order valence-corrected chi connectivity index (χ3v) is 6.13. The number of aromatic nitrogens is 1. The Morgan fingerprint density at radius 1 is 1.11 bits per heavy atom. The first kappa shape index (κ1) is 24.3. The van der Waals surface area contributed by atoms with Gasteiger partial charge in [0.2, 0.25) is 5.89 Å². The molecule has 37 heavy (non-hydrogen) atoms. The molecule has 0 saturated carbocycles. The summed E-state index contributed by atoms with van der Waals surface area (Å²) in [6.45, 7) is 4.06. The molecule has 3 aromatic carbocycles. The van der Waals surface area contributed by atoms with Crippen molar-refractivity contribution in [2.75, 3.05) is 36.5 Å². The number of anilines is 2. The number of nitro groups is 1. The predicted molar refractivity (Wildman–Crippen MR) is 144 cm³/mol. The molecule has 0 spiro atoms.